The zero-order valence-corrected chi connectivity index (χ0v) is 12.6. The number of nitrogens with one attached hydrogen (secondary N) is 1. The molecule has 2 fully saturated rings. The first kappa shape index (κ1) is 15.6. The highest BCUT2D eigenvalue weighted by molar-refractivity contribution is 5.82. The maximum atomic E-state index is 12.1. The first-order valence-corrected chi connectivity index (χ1v) is 7.10. The molecule has 7 heteroatoms. The number of nitrogens with zero attached hydrogens (tertiary/aromatic N) is 1. The fourth-order valence-electron chi connectivity index (χ4n) is 3.09. The van der Waals surface area contributed by atoms with Crippen LogP contribution in [0.4, 0.5) is 4.79 Å². The SMILES string of the molecule is CC(C)(C)OC(=O)N1CCC2(CC(=O)NCC2C(=O)O)C1. The van der Waals surface area contributed by atoms with Gasteiger partial charge in [0.15, 0.2) is 0 Å². The summed E-state index contributed by atoms with van der Waals surface area (Å²) in [6.45, 7) is 6.15. The molecule has 2 N–H and O–H groups in total. The van der Waals surface area contributed by atoms with E-state index in [1.165, 1.54) is 4.90 Å². The summed E-state index contributed by atoms with van der Waals surface area (Å²) in [4.78, 5) is 36.7. The Labute approximate surface area is 123 Å². The lowest BCUT2D eigenvalue weighted by Gasteiger charge is -2.38. The number of carbonyl (C=O) groups is 3. The number of ether oxygens (including phenoxy) is 1. The first-order valence-electron chi connectivity index (χ1n) is 7.10. The smallest absolute Gasteiger partial charge is 0.410 e. The normalized spacial score (nSPS) is 29.4. The molecule has 2 atom stereocenters. The molecule has 7 nitrogen and oxygen atoms in total. The number of amides is 2. The Bertz CT molecular complexity index is 470. The van der Waals surface area contributed by atoms with Gasteiger partial charge in [0.2, 0.25) is 5.91 Å². The zero-order valence-electron chi connectivity index (χ0n) is 12.6. The van der Waals surface area contributed by atoms with Gasteiger partial charge in [-0.05, 0) is 27.2 Å². The molecule has 2 rings (SSSR count). The Hall–Kier alpha value is -1.79. The van der Waals surface area contributed by atoms with Gasteiger partial charge >= 0.3 is 12.1 Å². The van der Waals surface area contributed by atoms with Crippen molar-refractivity contribution in [3.63, 3.8) is 0 Å². The summed E-state index contributed by atoms with van der Waals surface area (Å²) >= 11 is 0. The fraction of sp³-hybridized carbons (Fsp3) is 0.786. The maximum absolute atomic E-state index is 12.1. The van der Waals surface area contributed by atoms with Gasteiger partial charge in [0.1, 0.15) is 5.60 Å². The van der Waals surface area contributed by atoms with Gasteiger partial charge < -0.3 is 20.1 Å². The fourth-order valence-corrected chi connectivity index (χ4v) is 3.09. The maximum Gasteiger partial charge on any atom is 0.410 e. The number of piperidine rings is 1. The summed E-state index contributed by atoms with van der Waals surface area (Å²) in [6, 6.07) is 0. The van der Waals surface area contributed by atoms with Crippen LogP contribution in [0.25, 0.3) is 0 Å². The van der Waals surface area contributed by atoms with Crippen molar-refractivity contribution in [1.82, 2.24) is 10.2 Å². The lowest BCUT2D eigenvalue weighted by atomic mass is 9.70. The second-order valence-corrected chi connectivity index (χ2v) is 6.89. The van der Waals surface area contributed by atoms with Crippen molar-refractivity contribution in [1.29, 1.82) is 0 Å². The van der Waals surface area contributed by atoms with Crippen molar-refractivity contribution in [3.8, 4) is 0 Å². The summed E-state index contributed by atoms with van der Waals surface area (Å²) in [5.74, 6) is -1.75. The molecule has 2 saturated heterocycles. The van der Waals surface area contributed by atoms with Crippen LogP contribution in [0.1, 0.15) is 33.6 Å². The second-order valence-electron chi connectivity index (χ2n) is 6.89. The Balaban J connectivity index is 2.12. The predicted molar refractivity (Wildman–Crippen MR) is 73.6 cm³/mol. The molecule has 0 aromatic rings. The van der Waals surface area contributed by atoms with Crippen LogP contribution >= 0.6 is 0 Å². The van der Waals surface area contributed by atoms with Gasteiger partial charge in [0, 0.05) is 31.5 Å². The lowest BCUT2D eigenvalue weighted by molar-refractivity contribution is -0.150. The number of likely N-dealkylation sites (tertiary alicyclic amines) is 1. The Morgan fingerprint density at radius 3 is 2.67 bits per heavy atom. The van der Waals surface area contributed by atoms with Gasteiger partial charge in [-0.15, -0.1) is 0 Å². The van der Waals surface area contributed by atoms with E-state index < -0.39 is 29.0 Å². The van der Waals surface area contributed by atoms with Crippen molar-refractivity contribution in [3.05, 3.63) is 0 Å². The van der Waals surface area contributed by atoms with Gasteiger partial charge in [0.05, 0.1) is 5.92 Å². The van der Waals surface area contributed by atoms with E-state index in [2.05, 4.69) is 5.32 Å². The van der Waals surface area contributed by atoms with Crippen LogP contribution in [-0.4, -0.2) is 53.2 Å². The Kier molecular flexibility index (Phi) is 3.86. The summed E-state index contributed by atoms with van der Waals surface area (Å²) in [5, 5.41) is 12.0. The van der Waals surface area contributed by atoms with Gasteiger partial charge in [-0.25, -0.2) is 4.79 Å². The van der Waals surface area contributed by atoms with Gasteiger partial charge in [-0.3, -0.25) is 9.59 Å². The molecule has 0 aliphatic carbocycles. The average Bonchev–Trinajstić information content (AvgIpc) is 2.70. The summed E-state index contributed by atoms with van der Waals surface area (Å²) in [7, 11) is 0. The van der Waals surface area contributed by atoms with Crippen molar-refractivity contribution >= 4 is 18.0 Å². The summed E-state index contributed by atoms with van der Waals surface area (Å²) < 4.78 is 5.32. The molecule has 2 amide bonds. The second kappa shape index (κ2) is 5.20. The Morgan fingerprint density at radius 1 is 1.43 bits per heavy atom. The number of hydrogen-bond acceptors (Lipinski definition) is 4. The van der Waals surface area contributed by atoms with Crippen molar-refractivity contribution in [2.24, 2.45) is 11.3 Å². The molecule has 2 aliphatic heterocycles. The summed E-state index contributed by atoms with van der Waals surface area (Å²) in [6.07, 6.45) is 0.203. The molecule has 0 aromatic carbocycles. The summed E-state index contributed by atoms with van der Waals surface area (Å²) in [5.41, 5.74) is -1.27. The van der Waals surface area contributed by atoms with E-state index in [0.717, 1.165) is 0 Å². The highest BCUT2D eigenvalue weighted by atomic mass is 16.6. The first-order chi connectivity index (χ1) is 9.63. The lowest BCUT2D eigenvalue weighted by Crippen LogP contribution is -2.52. The van der Waals surface area contributed by atoms with Crippen molar-refractivity contribution in [2.45, 2.75) is 39.2 Å². The third-order valence-electron chi connectivity index (χ3n) is 4.09. The highest BCUT2D eigenvalue weighted by Crippen LogP contribution is 2.43. The van der Waals surface area contributed by atoms with Crippen LogP contribution in [0.2, 0.25) is 0 Å². The van der Waals surface area contributed by atoms with E-state index in [4.69, 9.17) is 4.74 Å². The molecule has 21 heavy (non-hydrogen) atoms. The zero-order chi connectivity index (χ0) is 15.8. The van der Waals surface area contributed by atoms with Gasteiger partial charge in [-0.1, -0.05) is 0 Å². The van der Waals surface area contributed by atoms with E-state index in [-0.39, 0.29) is 25.4 Å². The highest BCUT2D eigenvalue weighted by Gasteiger charge is 2.52. The number of carbonyl (C=O) groups excluding carboxylic acids is 2. The molecule has 0 saturated carbocycles. The van der Waals surface area contributed by atoms with Crippen LogP contribution in [0.15, 0.2) is 0 Å². The number of carboxylic acid groups (broad SMARTS) is 1. The van der Waals surface area contributed by atoms with Crippen LogP contribution in [0, 0.1) is 11.3 Å². The molecule has 118 valence electrons. The van der Waals surface area contributed by atoms with Crippen LogP contribution in [-0.2, 0) is 14.3 Å². The number of rotatable bonds is 1. The molecule has 0 aromatic heterocycles. The molecular formula is C14H22N2O5. The van der Waals surface area contributed by atoms with Crippen molar-refractivity contribution < 1.29 is 24.2 Å². The van der Waals surface area contributed by atoms with E-state index in [9.17, 15) is 19.5 Å². The van der Waals surface area contributed by atoms with Crippen LogP contribution in [0.5, 0.6) is 0 Å². The number of carboxylic acids is 1. The predicted octanol–water partition coefficient (Wildman–Crippen LogP) is 0.834. The quantitative estimate of drug-likeness (QED) is 0.747. The molecular weight excluding hydrogens is 276 g/mol. The standard InChI is InChI=1S/C14H22N2O5/c1-13(2,3)21-12(20)16-5-4-14(8-16)6-10(17)15-7-9(14)11(18)19/h9H,4-8H2,1-3H3,(H,15,17)(H,18,19). The molecule has 0 bridgehead atoms. The van der Waals surface area contributed by atoms with E-state index in [1.54, 1.807) is 20.8 Å². The van der Waals surface area contributed by atoms with Crippen LogP contribution < -0.4 is 5.32 Å². The largest absolute Gasteiger partial charge is 0.481 e. The minimum Gasteiger partial charge on any atom is -0.481 e. The third-order valence-corrected chi connectivity index (χ3v) is 4.09. The number of aliphatic carboxylic acids is 1. The van der Waals surface area contributed by atoms with Gasteiger partial charge in [0.25, 0.3) is 0 Å². The average molecular weight is 298 g/mol. The van der Waals surface area contributed by atoms with E-state index in [1.807, 2.05) is 0 Å². The molecule has 2 heterocycles. The Morgan fingerprint density at radius 2 is 2.10 bits per heavy atom. The molecule has 2 aliphatic rings. The minimum atomic E-state index is -0.930. The van der Waals surface area contributed by atoms with Gasteiger partial charge in [-0.2, -0.15) is 0 Å². The molecule has 2 unspecified atom stereocenters. The topological polar surface area (TPSA) is 95.9 Å². The van der Waals surface area contributed by atoms with Crippen molar-refractivity contribution in [2.75, 3.05) is 19.6 Å². The van der Waals surface area contributed by atoms with E-state index in [0.29, 0.717) is 13.0 Å². The van der Waals surface area contributed by atoms with Crippen LogP contribution in [0.3, 0.4) is 0 Å². The monoisotopic (exact) mass is 298 g/mol. The molecule has 1 spiro atoms. The third kappa shape index (κ3) is 3.28. The number of hydrogen-bond donors (Lipinski definition) is 2. The minimum absolute atomic E-state index is 0.121. The molecule has 0 radical (unpaired) electrons. The van der Waals surface area contributed by atoms with E-state index >= 15 is 0 Å².